The van der Waals surface area contributed by atoms with E-state index in [4.69, 9.17) is 4.52 Å². The Hall–Kier alpha value is -2.95. The van der Waals surface area contributed by atoms with Gasteiger partial charge in [-0.3, -0.25) is 4.79 Å². The summed E-state index contributed by atoms with van der Waals surface area (Å²) in [6.07, 6.45) is 0. The molecule has 0 bridgehead atoms. The number of amides is 1. The number of benzene rings is 2. The molecule has 0 saturated carbocycles. The summed E-state index contributed by atoms with van der Waals surface area (Å²) in [4.78, 5) is 12.2. The number of rotatable bonds is 3. The number of aryl methyl sites for hydroxylation is 1. The second-order valence-electron chi connectivity index (χ2n) is 4.86. The first-order valence-electron chi connectivity index (χ1n) is 6.73. The number of hydrogen-bond donors (Lipinski definition) is 1. The second kappa shape index (κ2) is 5.81. The molecule has 0 unspecified atom stereocenters. The maximum atomic E-state index is 13.1. The average molecular weight is 296 g/mol. The van der Waals surface area contributed by atoms with Crippen molar-refractivity contribution >= 4 is 11.6 Å². The largest absolute Gasteiger partial charge is 0.355 e. The zero-order chi connectivity index (χ0) is 15.5. The van der Waals surface area contributed by atoms with Gasteiger partial charge in [0.2, 0.25) is 0 Å². The molecular weight excluding hydrogens is 283 g/mol. The highest BCUT2D eigenvalue weighted by molar-refractivity contribution is 6.03. The highest BCUT2D eigenvalue weighted by atomic mass is 19.1. The number of nitrogens with one attached hydrogen (secondary N) is 1. The number of nitrogens with zero attached hydrogens (tertiary/aromatic N) is 1. The van der Waals surface area contributed by atoms with Crippen molar-refractivity contribution in [1.82, 2.24) is 5.16 Å². The van der Waals surface area contributed by atoms with Crippen molar-refractivity contribution in [3.63, 3.8) is 0 Å². The van der Waals surface area contributed by atoms with Gasteiger partial charge >= 0.3 is 0 Å². The van der Waals surface area contributed by atoms with Gasteiger partial charge in [-0.25, -0.2) is 4.39 Å². The predicted octanol–water partition coefficient (Wildman–Crippen LogP) is 4.04. The topological polar surface area (TPSA) is 55.1 Å². The molecule has 0 saturated heterocycles. The van der Waals surface area contributed by atoms with Crippen molar-refractivity contribution in [2.24, 2.45) is 0 Å². The van der Waals surface area contributed by atoms with Crippen LogP contribution in [0.25, 0.3) is 11.3 Å². The SMILES string of the molecule is Cc1cc(F)ccc1NC(=O)c1cc(-c2ccccc2)on1. The first-order valence-corrected chi connectivity index (χ1v) is 6.73. The van der Waals surface area contributed by atoms with Crippen molar-refractivity contribution in [1.29, 1.82) is 0 Å². The maximum Gasteiger partial charge on any atom is 0.277 e. The molecule has 1 N–H and O–H groups in total. The molecule has 1 heterocycles. The monoisotopic (exact) mass is 296 g/mol. The molecule has 0 aliphatic heterocycles. The van der Waals surface area contributed by atoms with Crippen LogP contribution < -0.4 is 5.32 Å². The molecule has 110 valence electrons. The molecule has 3 rings (SSSR count). The molecule has 2 aromatic carbocycles. The summed E-state index contributed by atoms with van der Waals surface area (Å²) in [5.74, 6) is -0.231. The van der Waals surface area contributed by atoms with Gasteiger partial charge in [-0.15, -0.1) is 0 Å². The third-order valence-electron chi connectivity index (χ3n) is 3.24. The van der Waals surface area contributed by atoms with Crippen molar-refractivity contribution in [3.8, 4) is 11.3 Å². The predicted molar refractivity (Wildman–Crippen MR) is 81.0 cm³/mol. The Morgan fingerprint density at radius 2 is 1.91 bits per heavy atom. The molecule has 5 heteroatoms. The number of carbonyl (C=O) groups is 1. The van der Waals surface area contributed by atoms with Gasteiger partial charge < -0.3 is 9.84 Å². The van der Waals surface area contributed by atoms with Gasteiger partial charge in [-0.2, -0.15) is 0 Å². The van der Waals surface area contributed by atoms with Crippen LogP contribution in [-0.4, -0.2) is 11.1 Å². The Kier molecular flexibility index (Phi) is 3.70. The number of anilines is 1. The normalized spacial score (nSPS) is 10.5. The fourth-order valence-corrected chi connectivity index (χ4v) is 2.07. The van der Waals surface area contributed by atoms with Crippen molar-refractivity contribution in [3.05, 3.63) is 71.7 Å². The van der Waals surface area contributed by atoms with E-state index < -0.39 is 5.91 Å². The summed E-state index contributed by atoms with van der Waals surface area (Å²) in [5, 5.41) is 6.47. The van der Waals surface area contributed by atoms with E-state index in [0.29, 0.717) is 17.0 Å². The van der Waals surface area contributed by atoms with Gasteiger partial charge in [-0.05, 0) is 30.7 Å². The van der Waals surface area contributed by atoms with E-state index in [1.165, 1.54) is 18.2 Å². The lowest BCUT2D eigenvalue weighted by atomic mass is 10.1. The first kappa shape index (κ1) is 14.0. The Labute approximate surface area is 126 Å². The molecule has 0 radical (unpaired) electrons. The molecular formula is C17H13FN2O2. The zero-order valence-electron chi connectivity index (χ0n) is 11.8. The molecule has 0 fully saturated rings. The van der Waals surface area contributed by atoms with Crippen LogP contribution in [0.1, 0.15) is 16.1 Å². The Morgan fingerprint density at radius 1 is 1.14 bits per heavy atom. The van der Waals surface area contributed by atoms with Crippen molar-refractivity contribution in [2.75, 3.05) is 5.32 Å². The minimum absolute atomic E-state index is 0.169. The Bertz CT molecular complexity index is 813. The van der Waals surface area contributed by atoms with E-state index in [0.717, 1.165) is 5.56 Å². The second-order valence-corrected chi connectivity index (χ2v) is 4.86. The molecule has 4 nitrogen and oxygen atoms in total. The minimum atomic E-state index is -0.402. The summed E-state index contributed by atoms with van der Waals surface area (Å²) in [7, 11) is 0. The standard InChI is InChI=1S/C17H13FN2O2/c1-11-9-13(18)7-8-14(11)19-17(21)15-10-16(22-20-15)12-5-3-2-4-6-12/h2-10H,1H3,(H,19,21). The van der Waals surface area contributed by atoms with Crippen LogP contribution in [-0.2, 0) is 0 Å². The highest BCUT2D eigenvalue weighted by Gasteiger charge is 2.14. The average Bonchev–Trinajstić information content (AvgIpc) is 3.01. The number of aromatic nitrogens is 1. The van der Waals surface area contributed by atoms with Gasteiger partial charge in [0.1, 0.15) is 5.82 Å². The highest BCUT2D eigenvalue weighted by Crippen LogP contribution is 2.21. The van der Waals surface area contributed by atoms with Crippen LogP contribution in [0.4, 0.5) is 10.1 Å². The summed E-state index contributed by atoms with van der Waals surface area (Å²) < 4.78 is 18.2. The van der Waals surface area contributed by atoms with Crippen LogP contribution in [0.3, 0.4) is 0 Å². The Balaban J connectivity index is 1.80. The van der Waals surface area contributed by atoms with Crippen LogP contribution in [0.2, 0.25) is 0 Å². The van der Waals surface area contributed by atoms with E-state index in [1.54, 1.807) is 13.0 Å². The van der Waals surface area contributed by atoms with Gasteiger partial charge in [0.15, 0.2) is 11.5 Å². The summed E-state index contributed by atoms with van der Waals surface area (Å²) in [6.45, 7) is 1.72. The van der Waals surface area contributed by atoms with Crippen LogP contribution in [0, 0.1) is 12.7 Å². The Morgan fingerprint density at radius 3 is 2.64 bits per heavy atom. The van der Waals surface area contributed by atoms with E-state index >= 15 is 0 Å². The minimum Gasteiger partial charge on any atom is -0.355 e. The quantitative estimate of drug-likeness (QED) is 0.793. The van der Waals surface area contributed by atoms with Gasteiger partial charge in [-0.1, -0.05) is 35.5 Å². The van der Waals surface area contributed by atoms with E-state index in [-0.39, 0.29) is 11.5 Å². The lowest BCUT2D eigenvalue weighted by molar-refractivity contribution is 0.101. The number of halogens is 1. The van der Waals surface area contributed by atoms with Crippen LogP contribution in [0.15, 0.2) is 59.1 Å². The molecule has 0 aliphatic carbocycles. The van der Waals surface area contributed by atoms with Gasteiger partial charge in [0, 0.05) is 17.3 Å². The van der Waals surface area contributed by atoms with Crippen LogP contribution in [0.5, 0.6) is 0 Å². The molecule has 1 amide bonds. The van der Waals surface area contributed by atoms with E-state index in [9.17, 15) is 9.18 Å². The molecule has 3 aromatic rings. The fraction of sp³-hybridized carbons (Fsp3) is 0.0588. The van der Waals surface area contributed by atoms with Crippen LogP contribution >= 0.6 is 0 Å². The number of hydrogen-bond acceptors (Lipinski definition) is 3. The van der Waals surface area contributed by atoms with Crippen molar-refractivity contribution in [2.45, 2.75) is 6.92 Å². The van der Waals surface area contributed by atoms with E-state index in [1.807, 2.05) is 30.3 Å². The smallest absolute Gasteiger partial charge is 0.277 e. The fourth-order valence-electron chi connectivity index (χ4n) is 2.07. The maximum absolute atomic E-state index is 13.1. The lowest BCUT2D eigenvalue weighted by Crippen LogP contribution is -2.13. The molecule has 22 heavy (non-hydrogen) atoms. The summed E-state index contributed by atoms with van der Waals surface area (Å²) in [5.41, 5.74) is 2.19. The third kappa shape index (κ3) is 2.88. The lowest BCUT2D eigenvalue weighted by Gasteiger charge is -2.06. The third-order valence-corrected chi connectivity index (χ3v) is 3.24. The number of carbonyl (C=O) groups excluding carboxylic acids is 1. The first-order chi connectivity index (χ1) is 10.6. The molecule has 0 atom stereocenters. The van der Waals surface area contributed by atoms with Crippen molar-refractivity contribution < 1.29 is 13.7 Å². The summed E-state index contributed by atoms with van der Waals surface area (Å²) >= 11 is 0. The molecule has 0 aliphatic rings. The van der Waals surface area contributed by atoms with E-state index in [2.05, 4.69) is 10.5 Å². The molecule has 0 spiro atoms. The van der Waals surface area contributed by atoms with Gasteiger partial charge in [0.25, 0.3) is 5.91 Å². The zero-order valence-corrected chi connectivity index (χ0v) is 11.8. The molecule has 1 aromatic heterocycles. The van der Waals surface area contributed by atoms with Gasteiger partial charge in [0.05, 0.1) is 0 Å². The summed E-state index contributed by atoms with van der Waals surface area (Å²) in [6, 6.07) is 15.1.